The first-order valence-electron chi connectivity index (χ1n) is 14.0. The van der Waals surface area contributed by atoms with Gasteiger partial charge in [-0.05, 0) is 99.4 Å². The van der Waals surface area contributed by atoms with Crippen LogP contribution in [0, 0.1) is 29.6 Å². The number of rotatable bonds is 8. The largest absolute Gasteiger partial charge is 0.322 e. The van der Waals surface area contributed by atoms with Crippen molar-refractivity contribution in [2.24, 2.45) is 17.8 Å². The number of nitrogens with one attached hydrogen (secondary N) is 2. The molecule has 4 aliphatic carbocycles. The smallest absolute Gasteiger partial charge is 0.255 e. The van der Waals surface area contributed by atoms with Crippen LogP contribution >= 0.6 is 0 Å². The van der Waals surface area contributed by atoms with Crippen molar-refractivity contribution in [2.45, 2.75) is 95.2 Å². The average Bonchev–Trinajstić information content (AvgIpc) is 3.39. The Hall–Kier alpha value is -2.65. The molecule has 3 amide bonds. The number of amides is 3. The molecule has 1 aromatic rings. The zero-order valence-electron chi connectivity index (χ0n) is 21.1. The lowest BCUT2D eigenvalue weighted by Gasteiger charge is -2.34. The summed E-state index contributed by atoms with van der Waals surface area (Å²) < 4.78 is 0. The minimum atomic E-state index is -0.574. The van der Waals surface area contributed by atoms with Crippen molar-refractivity contribution in [3.63, 3.8) is 0 Å². The van der Waals surface area contributed by atoms with Gasteiger partial charge >= 0.3 is 0 Å². The van der Waals surface area contributed by atoms with Gasteiger partial charge in [-0.25, -0.2) is 0 Å². The van der Waals surface area contributed by atoms with Crippen LogP contribution in [0.4, 0.5) is 0 Å². The number of hydrogen-bond donors (Lipinski definition) is 2. The Morgan fingerprint density at radius 3 is 2.64 bits per heavy atom. The minimum Gasteiger partial charge on any atom is -0.322 e. The van der Waals surface area contributed by atoms with Crippen LogP contribution in [-0.4, -0.2) is 40.7 Å². The van der Waals surface area contributed by atoms with E-state index in [2.05, 4.69) is 22.5 Å². The highest BCUT2D eigenvalue weighted by molar-refractivity contribution is 6.05. The molecular formula is C30H37N3O3. The van der Waals surface area contributed by atoms with E-state index in [-0.39, 0.29) is 24.1 Å². The molecule has 2 heterocycles. The molecule has 3 unspecified atom stereocenters. The molecule has 0 spiro atoms. The molecule has 0 aromatic heterocycles. The van der Waals surface area contributed by atoms with Crippen molar-refractivity contribution in [1.82, 2.24) is 15.5 Å². The van der Waals surface area contributed by atoms with E-state index in [1.165, 1.54) is 57.9 Å². The van der Waals surface area contributed by atoms with Crippen molar-refractivity contribution in [1.29, 1.82) is 0 Å². The second kappa shape index (κ2) is 9.67. The van der Waals surface area contributed by atoms with Gasteiger partial charge in [0.25, 0.3) is 5.91 Å². The van der Waals surface area contributed by atoms with E-state index in [0.717, 1.165) is 41.7 Å². The van der Waals surface area contributed by atoms with Crippen molar-refractivity contribution < 1.29 is 14.4 Å². The third kappa shape index (κ3) is 4.47. The van der Waals surface area contributed by atoms with Crippen molar-refractivity contribution in [2.75, 3.05) is 6.54 Å². The summed E-state index contributed by atoms with van der Waals surface area (Å²) in [6.07, 6.45) is 13.8. The molecule has 6 aliphatic rings. The zero-order chi connectivity index (χ0) is 24.7. The Bertz CT molecular complexity index is 1120. The Morgan fingerprint density at radius 2 is 1.83 bits per heavy atom. The van der Waals surface area contributed by atoms with Gasteiger partial charge in [0.2, 0.25) is 11.8 Å². The quantitative estimate of drug-likeness (QED) is 0.331. The maximum atomic E-state index is 12.8. The molecule has 7 rings (SSSR count). The van der Waals surface area contributed by atoms with Crippen LogP contribution in [0.25, 0.3) is 0 Å². The Balaban J connectivity index is 0.917. The summed E-state index contributed by atoms with van der Waals surface area (Å²) in [4.78, 5) is 38.0. The van der Waals surface area contributed by atoms with Crippen molar-refractivity contribution in [3.8, 4) is 11.8 Å². The molecule has 190 valence electrons. The Labute approximate surface area is 214 Å². The van der Waals surface area contributed by atoms with Crippen molar-refractivity contribution in [3.05, 3.63) is 34.9 Å². The fourth-order valence-corrected chi connectivity index (χ4v) is 7.93. The Morgan fingerprint density at radius 1 is 1.03 bits per heavy atom. The molecule has 36 heavy (non-hydrogen) atoms. The van der Waals surface area contributed by atoms with E-state index in [1.54, 1.807) is 4.90 Å². The first-order chi connectivity index (χ1) is 17.5. The molecule has 2 aliphatic heterocycles. The fourth-order valence-electron chi connectivity index (χ4n) is 7.93. The third-order valence-corrected chi connectivity index (χ3v) is 9.45. The molecule has 6 nitrogen and oxygen atoms in total. The van der Waals surface area contributed by atoms with Crippen LogP contribution in [-0.2, 0) is 16.1 Å². The van der Waals surface area contributed by atoms with Gasteiger partial charge in [0, 0.05) is 36.1 Å². The minimum absolute atomic E-state index is 0.138. The maximum Gasteiger partial charge on any atom is 0.255 e. The number of carbonyl (C=O) groups excluding carboxylic acids is 3. The van der Waals surface area contributed by atoms with E-state index in [9.17, 15) is 14.4 Å². The van der Waals surface area contributed by atoms with Gasteiger partial charge in [-0.2, -0.15) is 0 Å². The Kier molecular flexibility index (Phi) is 6.37. The van der Waals surface area contributed by atoms with E-state index in [4.69, 9.17) is 0 Å². The molecule has 5 fully saturated rings. The highest BCUT2D eigenvalue weighted by Gasteiger charge is 2.57. The first-order valence-corrected chi connectivity index (χ1v) is 14.0. The average molecular weight is 488 g/mol. The third-order valence-electron chi connectivity index (χ3n) is 9.45. The van der Waals surface area contributed by atoms with Gasteiger partial charge in [0.05, 0.1) is 0 Å². The number of unbranched alkanes of at least 4 members (excludes halogenated alkanes) is 4. The van der Waals surface area contributed by atoms with E-state index in [0.29, 0.717) is 24.1 Å². The number of imide groups is 1. The van der Waals surface area contributed by atoms with E-state index < -0.39 is 6.04 Å². The zero-order valence-corrected chi connectivity index (χ0v) is 21.1. The predicted molar refractivity (Wildman–Crippen MR) is 137 cm³/mol. The summed E-state index contributed by atoms with van der Waals surface area (Å²) in [5.41, 5.74) is 2.97. The van der Waals surface area contributed by atoms with Crippen LogP contribution in [0.5, 0.6) is 0 Å². The lowest BCUT2D eigenvalue weighted by Crippen LogP contribution is -2.52. The highest BCUT2D eigenvalue weighted by atomic mass is 16.2. The molecule has 6 heteroatoms. The summed E-state index contributed by atoms with van der Waals surface area (Å²) in [6.45, 7) is 1.57. The topological polar surface area (TPSA) is 78.5 Å². The lowest BCUT2D eigenvalue weighted by atomic mass is 9.80. The molecule has 1 saturated heterocycles. The summed E-state index contributed by atoms with van der Waals surface area (Å²) in [5.74, 6) is 8.78. The molecule has 0 radical (unpaired) electrons. The summed E-state index contributed by atoms with van der Waals surface area (Å²) in [7, 11) is 0. The van der Waals surface area contributed by atoms with Gasteiger partial charge in [-0.1, -0.05) is 24.7 Å². The van der Waals surface area contributed by atoms with Gasteiger partial charge in [0.15, 0.2) is 0 Å². The molecule has 4 saturated carbocycles. The fraction of sp³-hybridized carbons (Fsp3) is 0.633. The number of carbonyl (C=O) groups is 3. The van der Waals surface area contributed by atoms with E-state index >= 15 is 0 Å². The standard InChI is InChI=1S/C30H37N3O3/c34-27-11-10-26(28(35)32-27)33-19-23-14-20(8-9-25(23)29(33)36)7-5-3-1-2-4-6-12-31-30-17-21-13-22(18-30)16-24(30)15-21/h8-9,14,21-22,24,26,31H,1-4,6,10-13,15-19H2,(H,32,34,35). The number of piperidine rings is 1. The predicted octanol–water partition coefficient (Wildman–Crippen LogP) is 3.92. The highest BCUT2D eigenvalue weighted by Crippen LogP contribution is 2.60. The van der Waals surface area contributed by atoms with E-state index in [1.807, 2.05) is 18.2 Å². The number of benzene rings is 1. The number of hydrogen-bond acceptors (Lipinski definition) is 4. The summed E-state index contributed by atoms with van der Waals surface area (Å²) >= 11 is 0. The van der Waals surface area contributed by atoms with Crippen LogP contribution < -0.4 is 10.6 Å². The SMILES string of the molecule is O=C1CCC(N2Cc3cc(C#CCCCCCCNC45CC6CC(CC4C6)C5)ccc3C2=O)C(=O)N1. The van der Waals surface area contributed by atoms with Crippen LogP contribution in [0.1, 0.15) is 98.5 Å². The van der Waals surface area contributed by atoms with Gasteiger partial charge in [-0.15, -0.1) is 0 Å². The number of nitrogens with zero attached hydrogens (tertiary/aromatic N) is 1. The lowest BCUT2D eigenvalue weighted by molar-refractivity contribution is -0.136. The first kappa shape index (κ1) is 23.7. The van der Waals surface area contributed by atoms with Gasteiger partial charge in [-0.3, -0.25) is 19.7 Å². The molecule has 4 bridgehead atoms. The second-order valence-corrected chi connectivity index (χ2v) is 11.9. The summed E-state index contributed by atoms with van der Waals surface area (Å²) in [5, 5.41) is 6.35. The van der Waals surface area contributed by atoms with Gasteiger partial charge < -0.3 is 10.2 Å². The van der Waals surface area contributed by atoms with Crippen LogP contribution in [0.3, 0.4) is 0 Å². The molecule has 3 atom stereocenters. The number of fused-ring (bicyclic) bond motifs is 1. The van der Waals surface area contributed by atoms with Crippen LogP contribution in [0.15, 0.2) is 18.2 Å². The van der Waals surface area contributed by atoms with Gasteiger partial charge in [0.1, 0.15) is 6.04 Å². The molecular weight excluding hydrogens is 450 g/mol. The maximum absolute atomic E-state index is 12.8. The normalized spacial score (nSPS) is 32.0. The van der Waals surface area contributed by atoms with Crippen LogP contribution in [0.2, 0.25) is 0 Å². The monoisotopic (exact) mass is 487 g/mol. The summed E-state index contributed by atoms with van der Waals surface area (Å²) in [6, 6.07) is 5.12. The second-order valence-electron chi connectivity index (χ2n) is 11.9. The molecule has 2 N–H and O–H groups in total. The van der Waals surface area contributed by atoms with Crippen molar-refractivity contribution >= 4 is 17.7 Å². The molecule has 1 aromatic carbocycles.